The quantitative estimate of drug-likeness (QED) is 0.598. The fourth-order valence-corrected chi connectivity index (χ4v) is 5.25. The number of likely N-dealkylation sites (tertiary alicyclic amines) is 1. The third-order valence-corrected chi connectivity index (χ3v) is 7.27. The second kappa shape index (κ2) is 8.06. The Morgan fingerprint density at radius 2 is 1.90 bits per heavy atom. The molecule has 0 aromatic heterocycles. The first-order valence-corrected chi connectivity index (χ1v) is 11.8. The Morgan fingerprint density at radius 3 is 2.48 bits per heavy atom. The molecule has 1 spiro atoms. The minimum Gasteiger partial charge on any atom is -0.466 e. The van der Waals surface area contributed by atoms with Crippen LogP contribution in [-0.4, -0.2) is 80.1 Å². The van der Waals surface area contributed by atoms with E-state index in [9.17, 15) is 22.8 Å². The standard InChI is InChI=1S/C19H28N2O7S/c1-4-27-18(24)14-6-5-9-20(12-14)16(22)15-13(2)17(23)28-19(15)7-10-21(11-8-19)29(3,25)26/h14H,4-12H2,1-3H3. The molecular formula is C19H28N2O7S. The first-order valence-electron chi connectivity index (χ1n) is 9.95. The van der Waals surface area contributed by atoms with Gasteiger partial charge in [0.25, 0.3) is 5.91 Å². The fourth-order valence-electron chi connectivity index (χ4n) is 4.41. The van der Waals surface area contributed by atoms with Crippen molar-refractivity contribution in [2.24, 2.45) is 5.92 Å². The minimum atomic E-state index is -3.35. The second-order valence-electron chi connectivity index (χ2n) is 7.89. The molecule has 0 aromatic carbocycles. The average molecular weight is 429 g/mol. The van der Waals surface area contributed by atoms with Crippen LogP contribution < -0.4 is 0 Å². The first-order chi connectivity index (χ1) is 13.6. The largest absolute Gasteiger partial charge is 0.466 e. The van der Waals surface area contributed by atoms with Gasteiger partial charge in [0.05, 0.1) is 24.4 Å². The molecule has 0 aliphatic carbocycles. The maximum Gasteiger partial charge on any atom is 0.335 e. The summed E-state index contributed by atoms with van der Waals surface area (Å²) in [7, 11) is -3.35. The van der Waals surface area contributed by atoms with Crippen LogP contribution in [0.3, 0.4) is 0 Å². The van der Waals surface area contributed by atoms with Gasteiger partial charge in [0.15, 0.2) is 0 Å². The van der Waals surface area contributed by atoms with Crippen molar-refractivity contribution in [2.75, 3.05) is 39.0 Å². The summed E-state index contributed by atoms with van der Waals surface area (Å²) >= 11 is 0. The van der Waals surface area contributed by atoms with E-state index in [2.05, 4.69) is 0 Å². The zero-order chi connectivity index (χ0) is 21.4. The zero-order valence-electron chi connectivity index (χ0n) is 17.1. The molecule has 0 bridgehead atoms. The highest BCUT2D eigenvalue weighted by Gasteiger charge is 2.52. The Kier molecular flexibility index (Phi) is 6.05. The zero-order valence-corrected chi connectivity index (χ0v) is 17.9. The second-order valence-corrected chi connectivity index (χ2v) is 9.87. The SMILES string of the molecule is CCOC(=O)C1CCCN(C(=O)C2=C(C)C(=O)OC23CCN(S(C)(=O)=O)CC3)C1. The Balaban J connectivity index is 1.81. The number of carbonyl (C=O) groups excluding carboxylic acids is 3. The number of hydrogen-bond acceptors (Lipinski definition) is 7. The highest BCUT2D eigenvalue weighted by Crippen LogP contribution is 2.42. The number of amides is 1. The van der Waals surface area contributed by atoms with Crippen LogP contribution in [0, 0.1) is 5.92 Å². The maximum absolute atomic E-state index is 13.4. The number of hydrogen-bond donors (Lipinski definition) is 0. The smallest absolute Gasteiger partial charge is 0.335 e. The number of piperidine rings is 2. The molecule has 2 saturated heterocycles. The van der Waals surface area contributed by atoms with E-state index < -0.39 is 21.6 Å². The lowest BCUT2D eigenvalue weighted by molar-refractivity contribution is -0.151. The molecule has 3 heterocycles. The molecule has 1 unspecified atom stereocenters. The van der Waals surface area contributed by atoms with Crippen molar-refractivity contribution in [2.45, 2.75) is 45.1 Å². The van der Waals surface area contributed by atoms with E-state index in [0.717, 1.165) is 6.26 Å². The summed E-state index contributed by atoms with van der Waals surface area (Å²) in [6.45, 7) is 4.70. The van der Waals surface area contributed by atoms with Crippen molar-refractivity contribution in [3.8, 4) is 0 Å². The Morgan fingerprint density at radius 1 is 1.24 bits per heavy atom. The minimum absolute atomic E-state index is 0.182. The van der Waals surface area contributed by atoms with Gasteiger partial charge < -0.3 is 14.4 Å². The molecule has 3 aliphatic rings. The van der Waals surface area contributed by atoms with E-state index >= 15 is 0 Å². The van der Waals surface area contributed by atoms with Crippen LogP contribution in [-0.2, 0) is 33.9 Å². The van der Waals surface area contributed by atoms with Crippen molar-refractivity contribution in [1.29, 1.82) is 0 Å². The Hall–Kier alpha value is -1.94. The van der Waals surface area contributed by atoms with Crippen LogP contribution in [0.1, 0.15) is 39.5 Å². The monoisotopic (exact) mass is 428 g/mol. The van der Waals surface area contributed by atoms with Gasteiger partial charge in [-0.1, -0.05) is 0 Å². The molecule has 162 valence electrons. The number of ether oxygens (including phenoxy) is 2. The molecule has 3 aliphatic heterocycles. The molecule has 2 fully saturated rings. The highest BCUT2D eigenvalue weighted by molar-refractivity contribution is 7.88. The Bertz CT molecular complexity index is 841. The van der Waals surface area contributed by atoms with E-state index in [1.807, 2.05) is 0 Å². The molecule has 29 heavy (non-hydrogen) atoms. The summed E-state index contributed by atoms with van der Waals surface area (Å²) in [6, 6.07) is 0. The third kappa shape index (κ3) is 4.18. The lowest BCUT2D eigenvalue weighted by Gasteiger charge is -2.40. The van der Waals surface area contributed by atoms with Crippen molar-refractivity contribution >= 4 is 27.9 Å². The number of carbonyl (C=O) groups is 3. The van der Waals surface area contributed by atoms with Gasteiger partial charge in [0.2, 0.25) is 10.0 Å². The summed E-state index contributed by atoms with van der Waals surface area (Å²) in [4.78, 5) is 39.4. The average Bonchev–Trinajstić information content (AvgIpc) is 2.90. The van der Waals surface area contributed by atoms with Gasteiger partial charge in [-0.15, -0.1) is 0 Å². The highest BCUT2D eigenvalue weighted by atomic mass is 32.2. The summed E-state index contributed by atoms with van der Waals surface area (Å²) < 4.78 is 35.7. The van der Waals surface area contributed by atoms with E-state index in [1.54, 1.807) is 18.7 Å². The van der Waals surface area contributed by atoms with E-state index in [0.29, 0.717) is 25.0 Å². The van der Waals surface area contributed by atoms with Crippen molar-refractivity contribution in [3.63, 3.8) is 0 Å². The number of esters is 2. The van der Waals surface area contributed by atoms with Crippen LogP contribution in [0.4, 0.5) is 0 Å². The third-order valence-electron chi connectivity index (χ3n) is 5.97. The number of sulfonamides is 1. The summed E-state index contributed by atoms with van der Waals surface area (Å²) in [5.74, 6) is -1.55. The number of rotatable bonds is 4. The molecule has 1 atom stereocenters. The molecule has 1 amide bonds. The van der Waals surface area contributed by atoms with Crippen molar-refractivity contribution in [1.82, 2.24) is 9.21 Å². The lowest BCUT2D eigenvalue weighted by Crippen LogP contribution is -2.52. The summed E-state index contributed by atoms with van der Waals surface area (Å²) in [6.07, 6.45) is 2.94. The van der Waals surface area contributed by atoms with E-state index in [1.165, 1.54) is 4.31 Å². The van der Waals surface area contributed by atoms with Gasteiger partial charge in [0, 0.05) is 44.6 Å². The van der Waals surface area contributed by atoms with Crippen molar-refractivity contribution < 1.29 is 32.3 Å². The molecule has 0 aromatic rings. The molecule has 0 saturated carbocycles. The topological polar surface area (TPSA) is 110 Å². The molecule has 0 N–H and O–H groups in total. The van der Waals surface area contributed by atoms with Gasteiger partial charge in [-0.2, -0.15) is 0 Å². The van der Waals surface area contributed by atoms with Crippen LogP contribution in [0.5, 0.6) is 0 Å². The molecule has 10 heteroatoms. The van der Waals surface area contributed by atoms with Gasteiger partial charge >= 0.3 is 11.9 Å². The first kappa shape index (κ1) is 21.8. The Labute approximate surface area is 171 Å². The predicted octanol–water partition coefficient (Wildman–Crippen LogP) is 0.456. The van der Waals surface area contributed by atoms with Gasteiger partial charge in [-0.05, 0) is 26.7 Å². The van der Waals surface area contributed by atoms with Gasteiger partial charge in [-0.3, -0.25) is 9.59 Å². The molecular weight excluding hydrogens is 400 g/mol. The van der Waals surface area contributed by atoms with Crippen molar-refractivity contribution in [3.05, 3.63) is 11.1 Å². The predicted molar refractivity (Wildman–Crippen MR) is 103 cm³/mol. The van der Waals surface area contributed by atoms with Crippen LogP contribution in [0.15, 0.2) is 11.1 Å². The fraction of sp³-hybridized carbons (Fsp3) is 0.737. The van der Waals surface area contributed by atoms with Gasteiger partial charge in [0.1, 0.15) is 5.60 Å². The van der Waals surface area contributed by atoms with Gasteiger partial charge in [-0.25, -0.2) is 17.5 Å². The number of nitrogens with zero attached hydrogens (tertiary/aromatic N) is 2. The van der Waals surface area contributed by atoms with Crippen LogP contribution in [0.2, 0.25) is 0 Å². The lowest BCUT2D eigenvalue weighted by atomic mass is 9.82. The summed E-state index contributed by atoms with van der Waals surface area (Å²) in [5, 5.41) is 0. The molecule has 3 rings (SSSR count). The normalized spacial score (nSPS) is 25.3. The maximum atomic E-state index is 13.4. The molecule has 0 radical (unpaired) electrons. The molecule has 9 nitrogen and oxygen atoms in total. The summed E-state index contributed by atoms with van der Waals surface area (Å²) in [5.41, 5.74) is -0.530. The van der Waals surface area contributed by atoms with E-state index in [4.69, 9.17) is 9.47 Å². The van der Waals surface area contributed by atoms with Crippen LogP contribution in [0.25, 0.3) is 0 Å². The van der Waals surface area contributed by atoms with Crippen LogP contribution >= 0.6 is 0 Å². The van der Waals surface area contributed by atoms with E-state index in [-0.39, 0.29) is 62.5 Å².